The van der Waals surface area contributed by atoms with E-state index in [-0.39, 0.29) is 5.91 Å². The summed E-state index contributed by atoms with van der Waals surface area (Å²) in [7, 11) is 0. The fourth-order valence-electron chi connectivity index (χ4n) is 2.21. The van der Waals surface area contributed by atoms with Gasteiger partial charge >= 0.3 is 0 Å². The summed E-state index contributed by atoms with van der Waals surface area (Å²) >= 11 is 1.45. The average Bonchev–Trinajstić information content (AvgIpc) is 3.17. The number of carbonyl (C=O) groups excluding carboxylic acids is 1. The minimum absolute atomic E-state index is 0.145. The summed E-state index contributed by atoms with van der Waals surface area (Å²) in [5.41, 5.74) is 2.71. The van der Waals surface area contributed by atoms with Gasteiger partial charge in [-0.1, -0.05) is 13.8 Å². The van der Waals surface area contributed by atoms with Crippen LogP contribution in [0.25, 0.3) is 0 Å². The first kappa shape index (κ1) is 15.4. The molecule has 1 amide bonds. The van der Waals surface area contributed by atoms with Crippen molar-refractivity contribution in [3.63, 3.8) is 0 Å². The van der Waals surface area contributed by atoms with Gasteiger partial charge in [0.05, 0.1) is 5.69 Å². The number of carbonyl (C=O) groups is 1. The van der Waals surface area contributed by atoms with Gasteiger partial charge < -0.3 is 4.57 Å². The number of nitrogens with one attached hydrogen (secondary N) is 1. The summed E-state index contributed by atoms with van der Waals surface area (Å²) in [5, 5.41) is 5.50. The van der Waals surface area contributed by atoms with Crippen molar-refractivity contribution in [1.29, 1.82) is 0 Å². The molecule has 0 aliphatic rings. The molecule has 6 heteroatoms. The Balaban J connectivity index is 1.74. The standard InChI is InChI=1S/C17H18N4OS/c1-12(2)14-11-23-17(19-14)20-16(22)15-4-3-9-21(15)10-13-5-7-18-8-6-13/h3-9,11-12H,10H2,1-2H3,(H,19,20,22). The van der Waals surface area contributed by atoms with E-state index < -0.39 is 0 Å². The number of thiazole rings is 1. The summed E-state index contributed by atoms with van der Waals surface area (Å²) in [4.78, 5) is 20.9. The van der Waals surface area contributed by atoms with E-state index in [4.69, 9.17) is 0 Å². The smallest absolute Gasteiger partial charge is 0.274 e. The Bertz CT molecular complexity index is 792. The van der Waals surface area contributed by atoms with Crippen LogP contribution in [0.2, 0.25) is 0 Å². The first-order valence-corrected chi connectivity index (χ1v) is 8.32. The Morgan fingerprint density at radius 2 is 2.09 bits per heavy atom. The van der Waals surface area contributed by atoms with Crippen LogP contribution in [0, 0.1) is 0 Å². The van der Waals surface area contributed by atoms with Gasteiger partial charge in [-0.05, 0) is 35.7 Å². The molecule has 118 valence electrons. The molecule has 0 aromatic carbocycles. The number of nitrogens with zero attached hydrogens (tertiary/aromatic N) is 3. The van der Waals surface area contributed by atoms with E-state index in [1.165, 1.54) is 11.3 Å². The van der Waals surface area contributed by atoms with Gasteiger partial charge in [-0.25, -0.2) is 4.98 Å². The molecular weight excluding hydrogens is 308 g/mol. The van der Waals surface area contributed by atoms with Crippen LogP contribution in [-0.4, -0.2) is 20.4 Å². The first-order valence-electron chi connectivity index (χ1n) is 7.44. The molecule has 0 saturated heterocycles. The fourth-order valence-corrected chi connectivity index (χ4v) is 3.08. The summed E-state index contributed by atoms with van der Waals surface area (Å²) in [5.74, 6) is 0.209. The van der Waals surface area contributed by atoms with Crippen molar-refractivity contribution in [1.82, 2.24) is 14.5 Å². The number of rotatable bonds is 5. The lowest BCUT2D eigenvalue weighted by atomic mass is 10.2. The largest absolute Gasteiger partial charge is 0.339 e. The van der Waals surface area contributed by atoms with Crippen LogP contribution in [0.4, 0.5) is 5.13 Å². The normalized spacial score (nSPS) is 10.9. The average molecular weight is 326 g/mol. The predicted molar refractivity (Wildman–Crippen MR) is 91.9 cm³/mol. The molecule has 0 aliphatic carbocycles. The van der Waals surface area contributed by atoms with Crippen LogP contribution >= 0.6 is 11.3 Å². The number of amides is 1. The van der Waals surface area contributed by atoms with Gasteiger partial charge in [0.2, 0.25) is 0 Å². The molecule has 0 radical (unpaired) electrons. The second-order valence-electron chi connectivity index (χ2n) is 5.56. The quantitative estimate of drug-likeness (QED) is 0.776. The molecule has 0 fully saturated rings. The number of hydrogen-bond donors (Lipinski definition) is 1. The van der Waals surface area contributed by atoms with Gasteiger partial charge in [-0.15, -0.1) is 11.3 Å². The Kier molecular flexibility index (Phi) is 4.52. The molecule has 3 heterocycles. The maximum absolute atomic E-state index is 12.5. The Morgan fingerprint density at radius 3 is 2.78 bits per heavy atom. The van der Waals surface area contributed by atoms with Gasteiger partial charge in [0.15, 0.2) is 5.13 Å². The molecule has 0 bridgehead atoms. The molecule has 3 aromatic heterocycles. The molecule has 0 atom stereocenters. The lowest BCUT2D eigenvalue weighted by molar-refractivity contribution is 0.101. The zero-order chi connectivity index (χ0) is 16.2. The van der Waals surface area contributed by atoms with E-state index in [0.717, 1.165) is 11.3 Å². The first-order chi connectivity index (χ1) is 11.1. The van der Waals surface area contributed by atoms with Crippen molar-refractivity contribution < 1.29 is 4.79 Å². The SMILES string of the molecule is CC(C)c1csc(NC(=O)c2cccn2Cc2ccncc2)n1. The molecule has 5 nitrogen and oxygen atoms in total. The molecule has 3 rings (SSSR count). The van der Waals surface area contributed by atoms with Crippen LogP contribution in [-0.2, 0) is 6.54 Å². The second-order valence-corrected chi connectivity index (χ2v) is 6.42. The Morgan fingerprint density at radius 1 is 1.30 bits per heavy atom. The van der Waals surface area contributed by atoms with E-state index in [2.05, 4.69) is 29.1 Å². The highest BCUT2D eigenvalue weighted by Crippen LogP contribution is 2.22. The molecule has 23 heavy (non-hydrogen) atoms. The number of anilines is 1. The van der Waals surface area contributed by atoms with Crippen molar-refractivity contribution >= 4 is 22.4 Å². The van der Waals surface area contributed by atoms with Gasteiger partial charge in [-0.2, -0.15) is 0 Å². The van der Waals surface area contributed by atoms with Gasteiger partial charge in [0.1, 0.15) is 5.69 Å². The number of pyridine rings is 1. The van der Waals surface area contributed by atoms with Crippen LogP contribution in [0.15, 0.2) is 48.2 Å². The maximum atomic E-state index is 12.5. The van der Waals surface area contributed by atoms with Crippen molar-refractivity contribution in [2.45, 2.75) is 26.3 Å². The van der Waals surface area contributed by atoms with Crippen molar-refractivity contribution in [3.8, 4) is 0 Å². The van der Waals surface area contributed by atoms with E-state index in [9.17, 15) is 4.79 Å². The summed E-state index contributed by atoms with van der Waals surface area (Å²) < 4.78 is 1.92. The Labute approximate surface area is 139 Å². The summed E-state index contributed by atoms with van der Waals surface area (Å²) in [6.45, 7) is 4.80. The highest BCUT2D eigenvalue weighted by molar-refractivity contribution is 7.14. The Hall–Kier alpha value is -2.47. The second kappa shape index (κ2) is 6.75. The monoisotopic (exact) mass is 326 g/mol. The van der Waals surface area contributed by atoms with Crippen LogP contribution < -0.4 is 5.32 Å². The third kappa shape index (κ3) is 3.65. The molecule has 0 unspecified atom stereocenters. The van der Waals surface area contributed by atoms with Crippen molar-refractivity contribution in [2.24, 2.45) is 0 Å². The van der Waals surface area contributed by atoms with Gasteiger partial charge in [0, 0.05) is 30.5 Å². The van der Waals surface area contributed by atoms with Crippen molar-refractivity contribution in [2.75, 3.05) is 5.32 Å². The summed E-state index contributed by atoms with van der Waals surface area (Å²) in [6, 6.07) is 7.57. The van der Waals surface area contributed by atoms with E-state index >= 15 is 0 Å². The van der Waals surface area contributed by atoms with Crippen molar-refractivity contribution in [3.05, 3.63) is 65.2 Å². The highest BCUT2D eigenvalue weighted by Gasteiger charge is 2.14. The van der Waals surface area contributed by atoms with Crippen LogP contribution in [0.3, 0.4) is 0 Å². The third-order valence-corrected chi connectivity index (χ3v) is 4.27. The van der Waals surface area contributed by atoms with E-state index in [1.54, 1.807) is 12.4 Å². The van der Waals surface area contributed by atoms with Crippen LogP contribution in [0.1, 0.15) is 41.5 Å². The lowest BCUT2D eigenvalue weighted by Crippen LogP contribution is -2.17. The molecule has 0 spiro atoms. The third-order valence-electron chi connectivity index (χ3n) is 3.50. The van der Waals surface area contributed by atoms with Gasteiger partial charge in [0.25, 0.3) is 5.91 Å². The maximum Gasteiger partial charge on any atom is 0.274 e. The minimum atomic E-state index is -0.145. The zero-order valence-corrected chi connectivity index (χ0v) is 13.9. The number of hydrogen-bond acceptors (Lipinski definition) is 4. The van der Waals surface area contributed by atoms with Crippen LogP contribution in [0.5, 0.6) is 0 Å². The molecule has 1 N–H and O–H groups in total. The molecule has 3 aromatic rings. The number of aromatic nitrogens is 3. The fraction of sp³-hybridized carbons (Fsp3) is 0.235. The topological polar surface area (TPSA) is 59.8 Å². The lowest BCUT2D eigenvalue weighted by Gasteiger charge is -2.08. The molecule has 0 saturated carbocycles. The highest BCUT2D eigenvalue weighted by atomic mass is 32.1. The molecular formula is C17H18N4OS. The zero-order valence-electron chi connectivity index (χ0n) is 13.1. The van der Waals surface area contributed by atoms with Gasteiger partial charge in [-0.3, -0.25) is 15.1 Å². The van der Waals surface area contributed by atoms with E-state index in [0.29, 0.717) is 23.3 Å². The van der Waals surface area contributed by atoms with E-state index in [1.807, 2.05) is 40.4 Å². The minimum Gasteiger partial charge on any atom is -0.339 e. The molecule has 0 aliphatic heterocycles. The summed E-state index contributed by atoms with van der Waals surface area (Å²) in [6.07, 6.45) is 5.40. The predicted octanol–water partition coefficient (Wildman–Crippen LogP) is 3.76.